The third-order valence-electron chi connectivity index (χ3n) is 8.95. The van der Waals surface area contributed by atoms with Crippen molar-refractivity contribution in [2.24, 2.45) is 46.3 Å². The van der Waals surface area contributed by atoms with Crippen LogP contribution >= 0.6 is 0 Å². The summed E-state index contributed by atoms with van der Waals surface area (Å²) in [5.41, 5.74) is 0.384. The lowest BCUT2D eigenvalue weighted by Crippen LogP contribution is -2.48. The van der Waals surface area contributed by atoms with Crippen LogP contribution < -0.4 is 0 Å². The van der Waals surface area contributed by atoms with E-state index in [2.05, 4.69) is 55.4 Å². The molecule has 0 saturated heterocycles. The van der Waals surface area contributed by atoms with Gasteiger partial charge in [-0.2, -0.15) is 0 Å². The Morgan fingerprint density at radius 2 is 1.00 bits per heavy atom. The van der Waals surface area contributed by atoms with Crippen molar-refractivity contribution in [3.05, 3.63) is 0 Å². The molecule has 2 rings (SSSR count). The SMILES string of the molecule is CCC(C)(C)C1CC(C)CC(CC2CC(C)CC(C(C)(C)CC)C2O)C1O. The van der Waals surface area contributed by atoms with Crippen LogP contribution in [0.2, 0.25) is 0 Å². The molecule has 0 amide bonds. The lowest BCUT2D eigenvalue weighted by Gasteiger charge is -2.49. The van der Waals surface area contributed by atoms with Gasteiger partial charge in [-0.1, -0.05) is 68.2 Å². The molecule has 0 heterocycles. The van der Waals surface area contributed by atoms with Gasteiger partial charge in [0, 0.05) is 0 Å². The number of hydrogen-bond acceptors (Lipinski definition) is 2. The highest BCUT2D eigenvalue weighted by Crippen LogP contribution is 2.50. The number of aliphatic hydroxyl groups excluding tert-OH is 2. The summed E-state index contributed by atoms with van der Waals surface area (Å²) in [6, 6.07) is 0. The van der Waals surface area contributed by atoms with Crippen molar-refractivity contribution in [2.75, 3.05) is 0 Å². The average Bonchev–Trinajstić information content (AvgIpc) is 2.60. The normalized spacial score (nSPS) is 41.6. The molecule has 2 fully saturated rings. The van der Waals surface area contributed by atoms with Crippen LogP contribution in [-0.4, -0.2) is 22.4 Å². The van der Waals surface area contributed by atoms with E-state index in [1.165, 1.54) is 0 Å². The Kier molecular flexibility index (Phi) is 7.51. The van der Waals surface area contributed by atoms with Crippen LogP contribution in [-0.2, 0) is 0 Å². The van der Waals surface area contributed by atoms with E-state index in [1.54, 1.807) is 0 Å². The zero-order valence-corrected chi connectivity index (χ0v) is 19.5. The van der Waals surface area contributed by atoms with Crippen LogP contribution in [0.25, 0.3) is 0 Å². The maximum Gasteiger partial charge on any atom is 0.0601 e. The van der Waals surface area contributed by atoms with E-state index in [1.807, 2.05) is 0 Å². The highest BCUT2D eigenvalue weighted by atomic mass is 16.3. The maximum atomic E-state index is 11.3. The van der Waals surface area contributed by atoms with E-state index >= 15 is 0 Å². The predicted molar refractivity (Wildman–Crippen MR) is 116 cm³/mol. The smallest absolute Gasteiger partial charge is 0.0601 e. The lowest BCUT2D eigenvalue weighted by atomic mass is 9.58. The largest absolute Gasteiger partial charge is 0.393 e. The van der Waals surface area contributed by atoms with Crippen LogP contribution in [0.3, 0.4) is 0 Å². The zero-order chi connectivity index (χ0) is 20.6. The van der Waals surface area contributed by atoms with Crippen LogP contribution in [0.5, 0.6) is 0 Å². The topological polar surface area (TPSA) is 40.5 Å². The summed E-state index contributed by atoms with van der Waals surface area (Å²) in [6.07, 6.45) is 7.35. The first-order valence-corrected chi connectivity index (χ1v) is 11.8. The molecule has 0 bridgehead atoms. The van der Waals surface area contributed by atoms with Crippen molar-refractivity contribution in [3.63, 3.8) is 0 Å². The summed E-state index contributed by atoms with van der Waals surface area (Å²) in [5, 5.41) is 22.6. The fourth-order valence-electron chi connectivity index (χ4n) is 6.26. The average molecular weight is 381 g/mol. The monoisotopic (exact) mass is 380 g/mol. The zero-order valence-electron chi connectivity index (χ0n) is 19.5. The van der Waals surface area contributed by atoms with Gasteiger partial charge in [-0.25, -0.2) is 0 Å². The third kappa shape index (κ3) is 5.10. The molecule has 160 valence electrons. The Morgan fingerprint density at radius 1 is 0.667 bits per heavy atom. The minimum Gasteiger partial charge on any atom is -0.393 e. The van der Waals surface area contributed by atoms with Gasteiger partial charge in [-0.3, -0.25) is 0 Å². The van der Waals surface area contributed by atoms with E-state index in [9.17, 15) is 10.2 Å². The lowest BCUT2D eigenvalue weighted by molar-refractivity contribution is -0.0911. The van der Waals surface area contributed by atoms with Gasteiger partial charge in [-0.05, 0) is 78.4 Å². The molecular formula is C25H48O2. The van der Waals surface area contributed by atoms with Gasteiger partial charge < -0.3 is 10.2 Å². The van der Waals surface area contributed by atoms with Crippen LogP contribution in [0.15, 0.2) is 0 Å². The molecule has 2 N–H and O–H groups in total. The molecule has 8 unspecified atom stereocenters. The molecule has 0 aromatic carbocycles. The highest BCUT2D eigenvalue weighted by Gasteiger charge is 2.46. The van der Waals surface area contributed by atoms with E-state index in [4.69, 9.17) is 0 Å². The second-order valence-corrected chi connectivity index (χ2v) is 11.8. The molecule has 0 aliphatic heterocycles. The molecule has 2 aliphatic rings. The number of hydrogen-bond donors (Lipinski definition) is 2. The standard InChI is InChI=1S/C25H48O2/c1-9-24(5,6)20-13-16(3)11-18(22(20)26)15-19-12-17(4)14-21(23(19)27)25(7,8)10-2/h16-23,26-27H,9-15H2,1-8H3. The van der Waals surface area contributed by atoms with Crippen LogP contribution in [0, 0.1) is 46.3 Å². The Morgan fingerprint density at radius 3 is 1.30 bits per heavy atom. The second kappa shape index (κ2) is 8.74. The minimum absolute atomic E-state index is 0.192. The van der Waals surface area contributed by atoms with Crippen molar-refractivity contribution in [2.45, 2.75) is 113 Å². The van der Waals surface area contributed by atoms with E-state index in [-0.39, 0.29) is 23.0 Å². The van der Waals surface area contributed by atoms with Crippen LogP contribution in [0.1, 0.15) is 100 Å². The molecule has 2 heteroatoms. The van der Waals surface area contributed by atoms with Gasteiger partial charge in [0.05, 0.1) is 12.2 Å². The summed E-state index contributed by atoms with van der Waals surface area (Å²) >= 11 is 0. The van der Waals surface area contributed by atoms with Crippen LogP contribution in [0.4, 0.5) is 0 Å². The van der Waals surface area contributed by atoms with Crippen molar-refractivity contribution in [1.82, 2.24) is 0 Å². The second-order valence-electron chi connectivity index (χ2n) is 11.8. The molecule has 27 heavy (non-hydrogen) atoms. The van der Waals surface area contributed by atoms with Gasteiger partial charge in [-0.15, -0.1) is 0 Å². The van der Waals surface area contributed by atoms with Gasteiger partial charge in [0.2, 0.25) is 0 Å². The Labute approximate surface area is 169 Å². The van der Waals surface area contributed by atoms with Crippen molar-refractivity contribution < 1.29 is 10.2 Å². The molecule has 0 radical (unpaired) electrons. The fraction of sp³-hybridized carbons (Fsp3) is 1.00. The Hall–Kier alpha value is -0.0800. The Balaban J connectivity index is 2.16. The first-order chi connectivity index (χ1) is 12.4. The summed E-state index contributed by atoms with van der Waals surface area (Å²) < 4.78 is 0. The van der Waals surface area contributed by atoms with Crippen molar-refractivity contribution >= 4 is 0 Å². The van der Waals surface area contributed by atoms with Gasteiger partial charge >= 0.3 is 0 Å². The van der Waals surface area contributed by atoms with E-state index in [0.717, 1.165) is 44.9 Å². The molecule has 2 aliphatic carbocycles. The van der Waals surface area contributed by atoms with Crippen molar-refractivity contribution in [1.29, 1.82) is 0 Å². The molecule has 2 nitrogen and oxygen atoms in total. The van der Waals surface area contributed by atoms with E-state index in [0.29, 0.717) is 35.5 Å². The van der Waals surface area contributed by atoms with Crippen molar-refractivity contribution in [3.8, 4) is 0 Å². The summed E-state index contributed by atoms with van der Waals surface area (Å²) in [7, 11) is 0. The quantitative estimate of drug-likeness (QED) is 0.568. The predicted octanol–water partition coefficient (Wildman–Crippen LogP) is 6.30. The summed E-state index contributed by atoms with van der Waals surface area (Å²) in [4.78, 5) is 0. The van der Waals surface area contributed by atoms with E-state index < -0.39 is 0 Å². The first-order valence-electron chi connectivity index (χ1n) is 11.8. The molecular weight excluding hydrogens is 332 g/mol. The third-order valence-corrected chi connectivity index (χ3v) is 8.95. The molecule has 0 aromatic rings. The fourth-order valence-corrected chi connectivity index (χ4v) is 6.26. The van der Waals surface area contributed by atoms with Gasteiger partial charge in [0.15, 0.2) is 0 Å². The molecule has 0 aromatic heterocycles. The maximum absolute atomic E-state index is 11.3. The first kappa shape index (κ1) is 23.2. The van der Waals surface area contributed by atoms with Gasteiger partial charge in [0.1, 0.15) is 0 Å². The molecule has 8 atom stereocenters. The molecule has 0 spiro atoms. The highest BCUT2D eigenvalue weighted by molar-refractivity contribution is 4.96. The molecule has 2 saturated carbocycles. The number of rotatable bonds is 6. The minimum atomic E-state index is -0.210. The number of aliphatic hydroxyl groups is 2. The van der Waals surface area contributed by atoms with Gasteiger partial charge in [0.25, 0.3) is 0 Å². The summed E-state index contributed by atoms with van der Waals surface area (Å²) in [6.45, 7) is 18.5. The summed E-state index contributed by atoms with van der Waals surface area (Å²) in [5.74, 6) is 2.82. The Bertz CT molecular complexity index is 427.